The first kappa shape index (κ1) is 6.93. The van der Waals surface area contributed by atoms with Crippen molar-refractivity contribution < 1.29 is 9.90 Å². The Labute approximate surface area is 72.0 Å². The Morgan fingerprint density at radius 3 is 2.17 bits per heavy atom. The molecular formula is C10H14O2. The molecule has 2 nitrogen and oxygen atoms in total. The first-order chi connectivity index (χ1) is 5.78. The molecule has 3 rings (SSSR count). The predicted octanol–water partition coefficient (Wildman–Crippen LogP) is 1.90. The van der Waals surface area contributed by atoms with Gasteiger partial charge in [0.25, 0.3) is 0 Å². The molecule has 2 atom stereocenters. The molecule has 3 fully saturated rings. The summed E-state index contributed by atoms with van der Waals surface area (Å²) < 4.78 is 0. The highest BCUT2D eigenvalue weighted by Gasteiger charge is 2.75. The van der Waals surface area contributed by atoms with E-state index < -0.39 is 5.97 Å². The van der Waals surface area contributed by atoms with E-state index in [-0.39, 0.29) is 5.41 Å². The van der Waals surface area contributed by atoms with Gasteiger partial charge in [-0.25, -0.2) is 0 Å². The third kappa shape index (κ3) is 0.572. The molecule has 0 aromatic rings. The monoisotopic (exact) mass is 166 g/mol. The highest BCUT2D eigenvalue weighted by atomic mass is 16.4. The van der Waals surface area contributed by atoms with Gasteiger partial charge in [-0.05, 0) is 43.4 Å². The molecule has 0 heterocycles. The van der Waals surface area contributed by atoms with Crippen LogP contribution in [0.1, 0.15) is 32.1 Å². The number of carbonyl (C=O) groups is 1. The van der Waals surface area contributed by atoms with Crippen molar-refractivity contribution in [3.8, 4) is 0 Å². The molecule has 66 valence electrons. The zero-order chi connectivity index (χ0) is 8.34. The second-order valence-electron chi connectivity index (χ2n) is 4.66. The minimum absolute atomic E-state index is 0.210. The first-order valence-electron chi connectivity index (χ1n) is 5.01. The molecule has 3 aliphatic rings. The first-order valence-corrected chi connectivity index (χ1v) is 5.01. The molecule has 0 spiro atoms. The molecule has 0 bridgehead atoms. The summed E-state index contributed by atoms with van der Waals surface area (Å²) in [6.45, 7) is 0. The smallest absolute Gasteiger partial charge is 0.310 e. The molecule has 3 saturated carbocycles. The maximum Gasteiger partial charge on any atom is 0.310 e. The van der Waals surface area contributed by atoms with Crippen LogP contribution < -0.4 is 0 Å². The van der Waals surface area contributed by atoms with Crippen molar-refractivity contribution in [3.05, 3.63) is 0 Å². The van der Waals surface area contributed by atoms with Crippen LogP contribution in [0.3, 0.4) is 0 Å². The molecule has 0 aromatic carbocycles. The fraction of sp³-hybridized carbons (Fsp3) is 0.900. The number of rotatable bonds is 2. The number of carboxylic acid groups (broad SMARTS) is 1. The molecular weight excluding hydrogens is 152 g/mol. The van der Waals surface area contributed by atoms with E-state index in [4.69, 9.17) is 0 Å². The lowest BCUT2D eigenvalue weighted by Gasteiger charge is -2.14. The summed E-state index contributed by atoms with van der Waals surface area (Å²) in [5, 5.41) is 9.22. The number of fused-ring (bicyclic) bond motifs is 1. The van der Waals surface area contributed by atoms with Gasteiger partial charge in [-0.2, -0.15) is 0 Å². The number of hydrogen-bond donors (Lipinski definition) is 1. The Bertz CT molecular complexity index is 232. The van der Waals surface area contributed by atoms with E-state index in [1.807, 2.05) is 0 Å². The Kier molecular flexibility index (Phi) is 1.07. The maximum absolute atomic E-state index is 11.2. The van der Waals surface area contributed by atoms with E-state index in [1.165, 1.54) is 32.1 Å². The van der Waals surface area contributed by atoms with Gasteiger partial charge >= 0.3 is 5.97 Å². The summed E-state index contributed by atoms with van der Waals surface area (Å²) in [5.74, 6) is 1.22. The predicted molar refractivity (Wildman–Crippen MR) is 43.6 cm³/mol. The van der Waals surface area contributed by atoms with Gasteiger partial charge in [0, 0.05) is 0 Å². The summed E-state index contributed by atoms with van der Waals surface area (Å²) in [6, 6.07) is 0. The van der Waals surface area contributed by atoms with Crippen LogP contribution in [-0.2, 0) is 4.79 Å². The van der Waals surface area contributed by atoms with E-state index in [9.17, 15) is 9.90 Å². The Morgan fingerprint density at radius 1 is 1.17 bits per heavy atom. The maximum atomic E-state index is 11.2. The molecule has 1 N–H and O–H groups in total. The van der Waals surface area contributed by atoms with E-state index in [1.54, 1.807) is 0 Å². The van der Waals surface area contributed by atoms with Gasteiger partial charge in [-0.1, -0.05) is 6.42 Å². The average molecular weight is 166 g/mol. The van der Waals surface area contributed by atoms with Crippen LogP contribution in [0.4, 0.5) is 0 Å². The minimum Gasteiger partial charge on any atom is -0.481 e. The van der Waals surface area contributed by atoms with Gasteiger partial charge in [0.15, 0.2) is 0 Å². The molecule has 12 heavy (non-hydrogen) atoms. The molecule has 2 unspecified atom stereocenters. The van der Waals surface area contributed by atoms with Crippen molar-refractivity contribution in [2.24, 2.45) is 23.2 Å². The van der Waals surface area contributed by atoms with E-state index >= 15 is 0 Å². The fourth-order valence-corrected chi connectivity index (χ4v) is 3.66. The van der Waals surface area contributed by atoms with Gasteiger partial charge in [-0.15, -0.1) is 0 Å². The van der Waals surface area contributed by atoms with Gasteiger partial charge in [0.2, 0.25) is 0 Å². The number of hydrogen-bond acceptors (Lipinski definition) is 1. The third-order valence-corrected chi connectivity index (χ3v) is 4.26. The number of aliphatic carboxylic acids is 1. The normalized spacial score (nSPS) is 50.3. The minimum atomic E-state index is -0.486. The fourth-order valence-electron chi connectivity index (χ4n) is 3.66. The van der Waals surface area contributed by atoms with Gasteiger partial charge in [0.1, 0.15) is 0 Å². The van der Waals surface area contributed by atoms with Crippen LogP contribution in [0, 0.1) is 23.2 Å². The van der Waals surface area contributed by atoms with Crippen molar-refractivity contribution >= 4 is 5.97 Å². The molecule has 0 saturated heterocycles. The summed E-state index contributed by atoms with van der Waals surface area (Å²) in [4.78, 5) is 11.2. The summed E-state index contributed by atoms with van der Waals surface area (Å²) in [6.07, 6.45) is 6.01. The Morgan fingerprint density at radius 2 is 1.75 bits per heavy atom. The van der Waals surface area contributed by atoms with Crippen molar-refractivity contribution in [1.82, 2.24) is 0 Å². The van der Waals surface area contributed by atoms with Crippen molar-refractivity contribution in [1.29, 1.82) is 0 Å². The van der Waals surface area contributed by atoms with Crippen LogP contribution in [0.5, 0.6) is 0 Å². The lowest BCUT2D eigenvalue weighted by molar-refractivity contribution is -0.146. The highest BCUT2D eigenvalue weighted by molar-refractivity contribution is 5.81. The summed E-state index contributed by atoms with van der Waals surface area (Å²) in [7, 11) is 0. The largest absolute Gasteiger partial charge is 0.481 e. The third-order valence-electron chi connectivity index (χ3n) is 4.26. The second-order valence-corrected chi connectivity index (χ2v) is 4.66. The van der Waals surface area contributed by atoms with E-state index in [0.717, 1.165) is 0 Å². The quantitative estimate of drug-likeness (QED) is 0.680. The summed E-state index contributed by atoms with van der Waals surface area (Å²) in [5.41, 5.74) is -0.210. The molecule has 0 radical (unpaired) electrons. The van der Waals surface area contributed by atoms with Crippen LogP contribution in [0.15, 0.2) is 0 Å². The molecule has 0 aliphatic heterocycles. The Hall–Kier alpha value is -0.530. The van der Waals surface area contributed by atoms with E-state index in [2.05, 4.69) is 0 Å². The summed E-state index contributed by atoms with van der Waals surface area (Å²) >= 11 is 0. The molecule has 2 heteroatoms. The average Bonchev–Trinajstić information content (AvgIpc) is 2.88. The van der Waals surface area contributed by atoms with Crippen LogP contribution in [0.25, 0.3) is 0 Å². The second kappa shape index (κ2) is 1.86. The van der Waals surface area contributed by atoms with Gasteiger partial charge < -0.3 is 5.11 Å². The zero-order valence-corrected chi connectivity index (χ0v) is 7.12. The van der Waals surface area contributed by atoms with Gasteiger partial charge in [-0.3, -0.25) is 4.79 Å². The Balaban J connectivity index is 1.91. The van der Waals surface area contributed by atoms with E-state index in [0.29, 0.717) is 17.8 Å². The number of carboxylic acids is 1. The SMILES string of the molecule is O=C(O)C1(C2CC2)C2CCCC21. The van der Waals surface area contributed by atoms with Crippen molar-refractivity contribution in [2.45, 2.75) is 32.1 Å². The lowest BCUT2D eigenvalue weighted by atomic mass is 9.90. The van der Waals surface area contributed by atoms with Crippen LogP contribution in [-0.4, -0.2) is 11.1 Å². The van der Waals surface area contributed by atoms with Crippen molar-refractivity contribution in [3.63, 3.8) is 0 Å². The zero-order valence-electron chi connectivity index (χ0n) is 7.12. The standard InChI is InChI=1S/C10H14O2/c11-9(12)10(6-4-5-6)7-2-1-3-8(7)10/h6-8H,1-5H2,(H,11,12). The molecule has 0 aromatic heterocycles. The van der Waals surface area contributed by atoms with Gasteiger partial charge in [0.05, 0.1) is 5.41 Å². The molecule has 3 aliphatic carbocycles. The topological polar surface area (TPSA) is 37.3 Å². The lowest BCUT2D eigenvalue weighted by Crippen LogP contribution is -2.23. The molecule has 0 amide bonds. The van der Waals surface area contributed by atoms with Crippen LogP contribution >= 0.6 is 0 Å². The highest BCUT2D eigenvalue weighted by Crippen LogP contribution is 2.75. The van der Waals surface area contributed by atoms with Crippen molar-refractivity contribution in [2.75, 3.05) is 0 Å². The van der Waals surface area contributed by atoms with Crippen LogP contribution in [0.2, 0.25) is 0 Å².